The van der Waals surface area contributed by atoms with Gasteiger partial charge in [-0.25, -0.2) is 0 Å². The topological polar surface area (TPSA) is 60.8 Å². The van der Waals surface area contributed by atoms with E-state index in [0.717, 1.165) is 19.3 Å². The minimum Gasteiger partial charge on any atom is -0.396 e. The molecule has 1 aromatic carbocycles. The Hall–Kier alpha value is -1.39. The number of hydrogen-bond acceptors (Lipinski definition) is 3. The van der Waals surface area contributed by atoms with Gasteiger partial charge in [0.05, 0.1) is 6.61 Å². The van der Waals surface area contributed by atoms with Gasteiger partial charge in [-0.15, -0.1) is 0 Å². The summed E-state index contributed by atoms with van der Waals surface area (Å²) >= 11 is 0. The molecule has 1 saturated carbocycles. The molecule has 0 radical (unpaired) electrons. The number of carbonyl (C=O) groups is 1. The molecule has 0 aromatic heterocycles. The van der Waals surface area contributed by atoms with Crippen LogP contribution in [0.25, 0.3) is 0 Å². The van der Waals surface area contributed by atoms with Crippen LogP contribution in [0, 0.1) is 11.8 Å². The van der Waals surface area contributed by atoms with Gasteiger partial charge in [-0.2, -0.15) is 0 Å². The Morgan fingerprint density at radius 1 is 1.29 bits per heavy atom. The Labute approximate surface area is 126 Å². The van der Waals surface area contributed by atoms with Gasteiger partial charge in [0.15, 0.2) is 0 Å². The van der Waals surface area contributed by atoms with Gasteiger partial charge in [0, 0.05) is 25.3 Å². The Kier molecular flexibility index (Phi) is 5.37. The molecule has 1 aliphatic carbocycles. The van der Waals surface area contributed by atoms with Gasteiger partial charge in [-0.05, 0) is 42.7 Å². The molecule has 4 heteroatoms. The van der Waals surface area contributed by atoms with Crippen molar-refractivity contribution in [3.63, 3.8) is 0 Å². The summed E-state index contributed by atoms with van der Waals surface area (Å²) in [5.41, 5.74) is 1.25. The molecule has 0 heterocycles. The van der Waals surface area contributed by atoms with Gasteiger partial charge >= 0.3 is 0 Å². The predicted molar refractivity (Wildman–Crippen MR) is 81.8 cm³/mol. The second kappa shape index (κ2) is 7.05. The number of benzene rings is 1. The van der Waals surface area contributed by atoms with Gasteiger partial charge in [-0.3, -0.25) is 4.79 Å². The van der Waals surface area contributed by atoms with Crippen LogP contribution < -0.4 is 0 Å². The molecule has 0 spiro atoms. The van der Waals surface area contributed by atoms with E-state index in [2.05, 4.69) is 6.92 Å². The van der Waals surface area contributed by atoms with Crippen molar-refractivity contribution in [2.75, 3.05) is 13.7 Å². The summed E-state index contributed by atoms with van der Waals surface area (Å²) in [7, 11) is 1.84. The molecule has 2 unspecified atom stereocenters. The first-order valence-corrected chi connectivity index (χ1v) is 7.65. The summed E-state index contributed by atoms with van der Waals surface area (Å²) in [5, 5.41) is 18.7. The monoisotopic (exact) mass is 291 g/mol. The van der Waals surface area contributed by atoms with Crippen molar-refractivity contribution in [3.05, 3.63) is 35.4 Å². The highest BCUT2D eigenvalue weighted by Gasteiger charge is 2.32. The predicted octanol–water partition coefficient (Wildman–Crippen LogP) is 2.05. The molecule has 0 bridgehead atoms. The van der Waals surface area contributed by atoms with Crippen molar-refractivity contribution >= 4 is 5.91 Å². The Morgan fingerprint density at radius 2 is 2.00 bits per heavy atom. The molecular weight excluding hydrogens is 266 g/mol. The summed E-state index contributed by atoms with van der Waals surface area (Å²) in [5.74, 6) is 0.717. The van der Waals surface area contributed by atoms with Crippen LogP contribution in [-0.4, -0.2) is 40.7 Å². The van der Waals surface area contributed by atoms with Crippen LogP contribution in [0.1, 0.15) is 42.1 Å². The lowest BCUT2D eigenvalue weighted by atomic mass is 9.78. The lowest BCUT2D eigenvalue weighted by Gasteiger charge is -2.39. The zero-order chi connectivity index (χ0) is 15.4. The quantitative estimate of drug-likeness (QED) is 0.892. The standard InChI is InChI=1S/C17H25NO3/c1-12-9-13(10-19)7-8-16(12)18(2)17(21)15-6-4-3-5-14(15)11-20/h3-6,12-13,16,19-20H,7-11H2,1-2H3/t12?,13-,16?/m1/s1. The van der Waals surface area contributed by atoms with Crippen LogP contribution in [-0.2, 0) is 6.61 Å². The molecule has 1 aromatic rings. The number of nitrogens with zero attached hydrogens (tertiary/aromatic N) is 1. The fourth-order valence-corrected chi connectivity index (χ4v) is 3.44. The summed E-state index contributed by atoms with van der Waals surface area (Å²) in [6, 6.07) is 7.41. The van der Waals surface area contributed by atoms with E-state index in [-0.39, 0.29) is 25.2 Å². The Balaban J connectivity index is 2.12. The summed E-state index contributed by atoms with van der Waals surface area (Å²) < 4.78 is 0. The molecule has 2 rings (SSSR count). The van der Waals surface area contributed by atoms with E-state index in [1.165, 1.54) is 0 Å². The summed E-state index contributed by atoms with van der Waals surface area (Å²) in [6.45, 7) is 2.26. The summed E-state index contributed by atoms with van der Waals surface area (Å²) in [4.78, 5) is 14.5. The third-order valence-electron chi connectivity index (χ3n) is 4.73. The molecule has 21 heavy (non-hydrogen) atoms. The number of amides is 1. The van der Waals surface area contributed by atoms with Crippen molar-refractivity contribution in [3.8, 4) is 0 Å². The zero-order valence-corrected chi connectivity index (χ0v) is 12.8. The average Bonchev–Trinajstić information content (AvgIpc) is 2.53. The maximum Gasteiger partial charge on any atom is 0.254 e. The number of rotatable bonds is 4. The zero-order valence-electron chi connectivity index (χ0n) is 12.8. The largest absolute Gasteiger partial charge is 0.396 e. The third-order valence-corrected chi connectivity index (χ3v) is 4.73. The summed E-state index contributed by atoms with van der Waals surface area (Å²) in [6.07, 6.45) is 2.85. The minimum absolute atomic E-state index is 0.0288. The lowest BCUT2D eigenvalue weighted by molar-refractivity contribution is 0.0532. The smallest absolute Gasteiger partial charge is 0.254 e. The Bertz CT molecular complexity index is 489. The molecule has 4 nitrogen and oxygen atoms in total. The third kappa shape index (κ3) is 3.44. The molecule has 0 aliphatic heterocycles. The second-order valence-electron chi connectivity index (χ2n) is 6.14. The first kappa shape index (κ1) is 16.0. The number of hydrogen-bond donors (Lipinski definition) is 2. The van der Waals surface area contributed by atoms with Crippen LogP contribution in [0.5, 0.6) is 0 Å². The van der Waals surface area contributed by atoms with Gasteiger partial charge in [-0.1, -0.05) is 25.1 Å². The minimum atomic E-state index is -0.122. The van der Waals surface area contributed by atoms with Gasteiger partial charge in [0.25, 0.3) is 5.91 Å². The molecule has 116 valence electrons. The Morgan fingerprint density at radius 3 is 2.62 bits per heavy atom. The second-order valence-corrected chi connectivity index (χ2v) is 6.14. The van der Waals surface area contributed by atoms with Crippen LogP contribution in [0.15, 0.2) is 24.3 Å². The molecule has 0 saturated heterocycles. The van der Waals surface area contributed by atoms with Crippen molar-refractivity contribution in [1.82, 2.24) is 4.90 Å². The molecular formula is C17H25NO3. The molecule has 3 atom stereocenters. The molecule has 1 fully saturated rings. The highest BCUT2D eigenvalue weighted by Crippen LogP contribution is 2.32. The number of aliphatic hydroxyl groups excluding tert-OH is 2. The average molecular weight is 291 g/mol. The van der Waals surface area contributed by atoms with Crippen LogP contribution in [0.4, 0.5) is 0 Å². The van der Waals surface area contributed by atoms with Crippen molar-refractivity contribution in [2.45, 2.75) is 38.8 Å². The maximum atomic E-state index is 12.7. The highest BCUT2D eigenvalue weighted by molar-refractivity contribution is 5.95. The number of aliphatic hydroxyl groups is 2. The first-order valence-electron chi connectivity index (χ1n) is 7.65. The SMILES string of the molecule is CC1C[C@H](CO)CCC1N(C)C(=O)c1ccccc1CO. The lowest BCUT2D eigenvalue weighted by Crippen LogP contribution is -2.44. The van der Waals surface area contributed by atoms with E-state index in [0.29, 0.717) is 23.0 Å². The fourth-order valence-electron chi connectivity index (χ4n) is 3.44. The van der Waals surface area contributed by atoms with Gasteiger partial charge in [0.2, 0.25) is 0 Å². The van der Waals surface area contributed by atoms with E-state index in [1.54, 1.807) is 12.1 Å². The van der Waals surface area contributed by atoms with E-state index >= 15 is 0 Å². The maximum absolute atomic E-state index is 12.7. The van der Waals surface area contributed by atoms with Crippen LogP contribution in [0.2, 0.25) is 0 Å². The van der Waals surface area contributed by atoms with Crippen molar-refractivity contribution in [2.24, 2.45) is 11.8 Å². The molecule has 1 aliphatic rings. The van der Waals surface area contributed by atoms with Crippen LogP contribution >= 0.6 is 0 Å². The van der Waals surface area contributed by atoms with Gasteiger partial charge in [0.1, 0.15) is 0 Å². The molecule has 1 amide bonds. The highest BCUT2D eigenvalue weighted by atomic mass is 16.3. The van der Waals surface area contributed by atoms with E-state index in [9.17, 15) is 15.0 Å². The van der Waals surface area contributed by atoms with E-state index in [4.69, 9.17) is 0 Å². The normalized spacial score (nSPS) is 25.6. The van der Waals surface area contributed by atoms with E-state index in [1.807, 2.05) is 24.1 Å². The first-order chi connectivity index (χ1) is 10.1. The fraction of sp³-hybridized carbons (Fsp3) is 0.588. The number of carbonyl (C=O) groups excluding carboxylic acids is 1. The van der Waals surface area contributed by atoms with Gasteiger partial charge < -0.3 is 15.1 Å². The van der Waals surface area contributed by atoms with Crippen molar-refractivity contribution < 1.29 is 15.0 Å². The van der Waals surface area contributed by atoms with E-state index < -0.39 is 0 Å². The molecule has 2 N–H and O–H groups in total. The van der Waals surface area contributed by atoms with Crippen LogP contribution in [0.3, 0.4) is 0 Å². The van der Waals surface area contributed by atoms with Crippen molar-refractivity contribution in [1.29, 1.82) is 0 Å².